The predicted molar refractivity (Wildman–Crippen MR) is 95.2 cm³/mol. The quantitative estimate of drug-likeness (QED) is 0.636. The molecule has 25 heavy (non-hydrogen) atoms. The molecule has 128 valence electrons. The van der Waals surface area contributed by atoms with Gasteiger partial charge in [-0.15, -0.1) is 0 Å². The number of rotatable bonds is 2. The first-order valence-electron chi connectivity index (χ1n) is 7.47. The molecule has 0 bridgehead atoms. The van der Waals surface area contributed by atoms with Gasteiger partial charge in [0.25, 0.3) is 5.91 Å². The number of hydrogen-bond donors (Lipinski definition) is 2. The third-order valence-electron chi connectivity index (χ3n) is 3.68. The smallest absolute Gasteiger partial charge is 0.280 e. The summed E-state index contributed by atoms with van der Waals surface area (Å²) in [6.07, 6.45) is 1.53. The van der Waals surface area contributed by atoms with Crippen molar-refractivity contribution < 1.29 is 13.9 Å². The maximum atomic E-state index is 14.4. The molecule has 0 spiro atoms. The number of carbonyl (C=O) groups is 1. The Morgan fingerprint density at radius 1 is 1.20 bits per heavy atom. The molecule has 1 aliphatic rings. The summed E-state index contributed by atoms with van der Waals surface area (Å²) in [5.74, 6) is -0.829. The van der Waals surface area contributed by atoms with Gasteiger partial charge in [0.15, 0.2) is 5.96 Å². The van der Waals surface area contributed by atoms with Crippen LogP contribution in [0.5, 0.6) is 5.75 Å². The molecule has 0 aliphatic carbocycles. The zero-order valence-electron chi connectivity index (χ0n) is 13.3. The van der Waals surface area contributed by atoms with Crippen LogP contribution in [0.2, 0.25) is 5.02 Å². The Morgan fingerprint density at radius 3 is 2.64 bits per heavy atom. The van der Waals surface area contributed by atoms with Crippen LogP contribution in [0.25, 0.3) is 5.57 Å². The molecule has 4 N–H and O–H groups in total. The highest BCUT2D eigenvalue weighted by Gasteiger charge is 2.23. The summed E-state index contributed by atoms with van der Waals surface area (Å²) < 4.78 is 20.1. The summed E-state index contributed by atoms with van der Waals surface area (Å²) >= 11 is 5.83. The number of guanidine groups is 1. The predicted octanol–water partition coefficient (Wildman–Crippen LogP) is 3.11. The fraction of sp³-hybridized carbons (Fsp3) is 0.111. The number of benzene rings is 2. The number of ether oxygens (including phenoxy) is 1. The van der Waals surface area contributed by atoms with Gasteiger partial charge in [0.05, 0.1) is 0 Å². The lowest BCUT2D eigenvalue weighted by molar-refractivity contribution is 0.100. The molecule has 1 unspecified atom stereocenters. The lowest BCUT2D eigenvalue weighted by Crippen LogP contribution is -2.24. The van der Waals surface area contributed by atoms with Gasteiger partial charge in [0, 0.05) is 21.7 Å². The van der Waals surface area contributed by atoms with Gasteiger partial charge in [-0.1, -0.05) is 11.6 Å². The first-order valence-corrected chi connectivity index (χ1v) is 7.85. The van der Waals surface area contributed by atoms with E-state index in [0.29, 0.717) is 27.5 Å². The highest BCUT2D eigenvalue weighted by atomic mass is 35.5. The molecule has 3 rings (SSSR count). The second-order valence-corrected chi connectivity index (χ2v) is 6.02. The van der Waals surface area contributed by atoms with Crippen LogP contribution in [0.3, 0.4) is 0 Å². The van der Waals surface area contributed by atoms with Crippen molar-refractivity contribution in [2.24, 2.45) is 16.5 Å². The molecule has 2 aromatic carbocycles. The molecule has 5 nitrogen and oxygen atoms in total. The number of nitrogens with zero attached hydrogens (tertiary/aromatic N) is 1. The Bertz CT molecular complexity index is 921. The van der Waals surface area contributed by atoms with Crippen molar-refractivity contribution in [3.63, 3.8) is 0 Å². The summed E-state index contributed by atoms with van der Waals surface area (Å²) in [4.78, 5) is 15.6. The van der Waals surface area contributed by atoms with E-state index in [1.54, 1.807) is 36.4 Å². The average molecular weight is 360 g/mol. The molecule has 1 aliphatic heterocycles. The van der Waals surface area contributed by atoms with Crippen LogP contribution in [0.15, 0.2) is 47.5 Å². The normalized spacial score (nSPS) is 15.6. The Kier molecular flexibility index (Phi) is 4.46. The van der Waals surface area contributed by atoms with Crippen LogP contribution in [0, 0.1) is 5.82 Å². The Morgan fingerprint density at radius 2 is 1.96 bits per heavy atom. The summed E-state index contributed by atoms with van der Waals surface area (Å²) in [6, 6.07) is 9.22. The number of nitrogens with two attached hydrogens (primary N) is 2. The van der Waals surface area contributed by atoms with Crippen molar-refractivity contribution in [3.05, 3.63) is 70.0 Å². The molecule has 0 saturated carbocycles. The van der Waals surface area contributed by atoms with Gasteiger partial charge in [0.1, 0.15) is 17.7 Å². The van der Waals surface area contributed by atoms with Crippen LogP contribution < -0.4 is 16.2 Å². The Hall–Kier alpha value is -2.86. The van der Waals surface area contributed by atoms with Gasteiger partial charge >= 0.3 is 0 Å². The number of aliphatic imine (C=N–C) groups is 1. The average Bonchev–Trinajstić information content (AvgIpc) is 2.53. The third-order valence-corrected chi connectivity index (χ3v) is 3.92. The third kappa shape index (κ3) is 3.49. The number of fused-ring (bicyclic) bond motifs is 1. The standard InChI is InChI=1S/C18H15ClFN3O2/c1-9-6-13(12-4-3-11(19)8-15(12)20)14-7-10(2-5-16(14)25-9)17(24)23-18(21)22/h2-9H,1H3,(H4,21,22,23,24). The van der Waals surface area contributed by atoms with Crippen molar-refractivity contribution in [1.82, 2.24) is 0 Å². The molecule has 0 aromatic heterocycles. The Balaban J connectivity index is 2.13. The maximum absolute atomic E-state index is 14.4. The minimum atomic E-state index is -0.586. The molecule has 7 heteroatoms. The molecule has 2 aromatic rings. The van der Waals surface area contributed by atoms with Crippen LogP contribution in [-0.2, 0) is 0 Å². The first-order chi connectivity index (χ1) is 11.8. The molecule has 0 radical (unpaired) electrons. The Labute approximate surface area is 148 Å². The van der Waals surface area contributed by atoms with Gasteiger partial charge in [-0.2, -0.15) is 4.99 Å². The van der Waals surface area contributed by atoms with Crippen molar-refractivity contribution in [3.8, 4) is 5.75 Å². The fourth-order valence-electron chi connectivity index (χ4n) is 2.66. The van der Waals surface area contributed by atoms with E-state index in [1.165, 1.54) is 6.07 Å². The van der Waals surface area contributed by atoms with E-state index in [2.05, 4.69) is 4.99 Å². The van der Waals surface area contributed by atoms with Gasteiger partial charge in [-0.25, -0.2) is 4.39 Å². The highest BCUT2D eigenvalue weighted by molar-refractivity contribution is 6.30. The van der Waals surface area contributed by atoms with Crippen LogP contribution in [0.4, 0.5) is 4.39 Å². The number of amides is 1. The lowest BCUT2D eigenvalue weighted by atomic mass is 9.92. The van der Waals surface area contributed by atoms with E-state index in [0.717, 1.165) is 0 Å². The van der Waals surface area contributed by atoms with Crippen LogP contribution >= 0.6 is 11.6 Å². The maximum Gasteiger partial charge on any atom is 0.280 e. The van der Waals surface area contributed by atoms with E-state index in [1.807, 2.05) is 6.92 Å². The molecule has 0 saturated heterocycles. The van der Waals surface area contributed by atoms with E-state index < -0.39 is 11.7 Å². The fourth-order valence-corrected chi connectivity index (χ4v) is 2.82. The topological polar surface area (TPSA) is 90.7 Å². The lowest BCUT2D eigenvalue weighted by Gasteiger charge is -2.24. The summed E-state index contributed by atoms with van der Waals surface area (Å²) in [5.41, 5.74) is 12.3. The van der Waals surface area contributed by atoms with E-state index >= 15 is 0 Å². The summed E-state index contributed by atoms with van der Waals surface area (Å²) in [7, 11) is 0. The zero-order valence-corrected chi connectivity index (χ0v) is 14.0. The van der Waals surface area contributed by atoms with Crippen LogP contribution in [-0.4, -0.2) is 18.0 Å². The molecular weight excluding hydrogens is 345 g/mol. The molecule has 1 heterocycles. The summed E-state index contributed by atoms with van der Waals surface area (Å²) in [6.45, 7) is 1.84. The van der Waals surface area contributed by atoms with Crippen molar-refractivity contribution in [2.45, 2.75) is 13.0 Å². The van der Waals surface area contributed by atoms with Gasteiger partial charge in [-0.3, -0.25) is 4.79 Å². The number of hydrogen-bond acceptors (Lipinski definition) is 2. The zero-order chi connectivity index (χ0) is 18.1. The van der Waals surface area contributed by atoms with Gasteiger partial charge in [-0.05, 0) is 55.0 Å². The molecule has 1 atom stereocenters. The van der Waals surface area contributed by atoms with Gasteiger partial charge < -0.3 is 16.2 Å². The van der Waals surface area contributed by atoms with E-state index in [-0.39, 0.29) is 17.6 Å². The van der Waals surface area contributed by atoms with Crippen molar-refractivity contribution in [1.29, 1.82) is 0 Å². The second-order valence-electron chi connectivity index (χ2n) is 5.58. The number of halogens is 2. The number of carbonyl (C=O) groups excluding carboxylic acids is 1. The van der Waals surface area contributed by atoms with Crippen LogP contribution in [0.1, 0.15) is 28.4 Å². The first kappa shape index (κ1) is 17.0. The minimum absolute atomic E-state index is 0.253. The monoisotopic (exact) mass is 359 g/mol. The minimum Gasteiger partial charge on any atom is -0.486 e. The van der Waals surface area contributed by atoms with Gasteiger partial charge in [0.2, 0.25) is 0 Å². The highest BCUT2D eigenvalue weighted by Crippen LogP contribution is 2.38. The molecular formula is C18H15ClFN3O2. The largest absolute Gasteiger partial charge is 0.486 e. The molecule has 0 fully saturated rings. The molecule has 1 amide bonds. The van der Waals surface area contributed by atoms with E-state index in [4.69, 9.17) is 27.8 Å². The SMILES string of the molecule is CC1C=C(c2ccc(Cl)cc2F)c2cc(C(=O)N=C(N)N)ccc2O1. The summed E-state index contributed by atoms with van der Waals surface area (Å²) in [5, 5.41) is 0.305. The van der Waals surface area contributed by atoms with Crippen molar-refractivity contribution >= 4 is 29.0 Å². The van der Waals surface area contributed by atoms with Crippen molar-refractivity contribution in [2.75, 3.05) is 0 Å². The van der Waals surface area contributed by atoms with E-state index in [9.17, 15) is 9.18 Å². The second kappa shape index (κ2) is 6.57.